The van der Waals surface area contributed by atoms with E-state index in [1.54, 1.807) is 0 Å². The third-order valence-electron chi connectivity index (χ3n) is 9.67. The van der Waals surface area contributed by atoms with Gasteiger partial charge in [-0.2, -0.15) is 0 Å². The topological polar surface area (TPSA) is 3.24 Å². The van der Waals surface area contributed by atoms with Crippen molar-refractivity contribution in [2.75, 3.05) is 4.90 Å². The quantitative estimate of drug-likeness (QED) is 0.178. The van der Waals surface area contributed by atoms with E-state index in [2.05, 4.69) is 181 Å². The van der Waals surface area contributed by atoms with Gasteiger partial charge in [0.2, 0.25) is 0 Å². The second-order valence-electron chi connectivity index (χ2n) is 12.5. The summed E-state index contributed by atoms with van der Waals surface area (Å²) in [5.74, 6) is 0. The summed E-state index contributed by atoms with van der Waals surface area (Å²) >= 11 is 3.75. The van der Waals surface area contributed by atoms with Gasteiger partial charge in [0.1, 0.15) is 0 Å². The van der Waals surface area contributed by atoms with Crippen LogP contribution in [0.5, 0.6) is 0 Å². The first-order valence-corrected chi connectivity index (χ1v) is 18.2. The van der Waals surface area contributed by atoms with E-state index in [0.29, 0.717) is 0 Å². The molecular formula is C46H29NS2. The second kappa shape index (κ2) is 11.5. The Morgan fingerprint density at radius 3 is 1.73 bits per heavy atom. The predicted octanol–water partition coefficient (Wildman–Crippen LogP) is 14.4. The molecule has 0 amide bonds. The summed E-state index contributed by atoms with van der Waals surface area (Å²) in [6.07, 6.45) is 0. The Morgan fingerprint density at radius 2 is 0.959 bits per heavy atom. The highest BCUT2D eigenvalue weighted by Gasteiger charge is 2.17. The zero-order valence-electron chi connectivity index (χ0n) is 26.5. The second-order valence-corrected chi connectivity index (χ2v) is 14.7. The third kappa shape index (κ3) is 4.74. The molecule has 0 fully saturated rings. The van der Waals surface area contributed by atoms with Crippen LogP contribution in [0, 0.1) is 0 Å². The van der Waals surface area contributed by atoms with Gasteiger partial charge in [0, 0.05) is 57.4 Å². The first-order valence-electron chi connectivity index (χ1n) is 16.6. The molecule has 1 nitrogen and oxygen atoms in total. The molecule has 2 aromatic heterocycles. The number of nitrogens with zero attached hydrogens (tertiary/aromatic N) is 1. The van der Waals surface area contributed by atoms with Gasteiger partial charge in [0.15, 0.2) is 0 Å². The summed E-state index contributed by atoms with van der Waals surface area (Å²) in [4.78, 5) is 2.38. The van der Waals surface area contributed by atoms with E-state index in [1.807, 2.05) is 22.7 Å². The smallest absolute Gasteiger partial charge is 0.0468 e. The average Bonchev–Trinajstić information content (AvgIpc) is 3.75. The van der Waals surface area contributed by atoms with Crippen LogP contribution in [-0.2, 0) is 0 Å². The Labute approximate surface area is 292 Å². The predicted molar refractivity (Wildman–Crippen MR) is 215 cm³/mol. The van der Waals surface area contributed by atoms with Crippen molar-refractivity contribution in [3.63, 3.8) is 0 Å². The number of rotatable bonds is 5. The normalized spacial score (nSPS) is 11.7. The Kier molecular flexibility index (Phi) is 6.61. The van der Waals surface area contributed by atoms with Crippen molar-refractivity contribution in [2.24, 2.45) is 0 Å². The highest BCUT2D eigenvalue weighted by Crippen LogP contribution is 2.44. The number of hydrogen-bond acceptors (Lipinski definition) is 3. The van der Waals surface area contributed by atoms with Gasteiger partial charge in [-0.25, -0.2) is 0 Å². The first kappa shape index (κ1) is 28.3. The average molecular weight is 660 g/mol. The Hall–Kier alpha value is -5.74. The molecule has 0 saturated carbocycles. The molecule has 0 aliphatic carbocycles. The molecule has 0 saturated heterocycles. The maximum Gasteiger partial charge on any atom is 0.0468 e. The van der Waals surface area contributed by atoms with Crippen LogP contribution < -0.4 is 4.90 Å². The molecule has 230 valence electrons. The lowest BCUT2D eigenvalue weighted by Crippen LogP contribution is -2.09. The van der Waals surface area contributed by atoms with Crippen LogP contribution in [-0.4, -0.2) is 0 Å². The van der Waals surface area contributed by atoms with Crippen LogP contribution in [0.3, 0.4) is 0 Å². The Bertz CT molecular complexity index is 2810. The van der Waals surface area contributed by atoms with E-state index in [9.17, 15) is 0 Å². The molecule has 2 heterocycles. The summed E-state index contributed by atoms with van der Waals surface area (Å²) < 4.78 is 5.34. The minimum absolute atomic E-state index is 1.13. The van der Waals surface area contributed by atoms with Gasteiger partial charge in [-0.1, -0.05) is 121 Å². The van der Waals surface area contributed by atoms with Crippen LogP contribution in [0.25, 0.3) is 73.4 Å². The maximum absolute atomic E-state index is 2.38. The van der Waals surface area contributed by atoms with Gasteiger partial charge in [0.25, 0.3) is 0 Å². The van der Waals surface area contributed by atoms with Gasteiger partial charge < -0.3 is 4.90 Å². The lowest BCUT2D eigenvalue weighted by Gasteiger charge is -2.26. The van der Waals surface area contributed by atoms with E-state index in [0.717, 1.165) is 17.1 Å². The fourth-order valence-electron chi connectivity index (χ4n) is 7.33. The molecule has 8 aromatic carbocycles. The monoisotopic (exact) mass is 659 g/mol. The molecule has 10 rings (SSSR count). The minimum Gasteiger partial charge on any atom is -0.310 e. The summed E-state index contributed by atoms with van der Waals surface area (Å²) in [6.45, 7) is 0. The highest BCUT2D eigenvalue weighted by molar-refractivity contribution is 7.26. The van der Waals surface area contributed by atoms with Gasteiger partial charge >= 0.3 is 0 Å². The molecule has 49 heavy (non-hydrogen) atoms. The molecule has 0 bridgehead atoms. The van der Waals surface area contributed by atoms with E-state index in [-0.39, 0.29) is 0 Å². The van der Waals surface area contributed by atoms with Gasteiger partial charge in [0.05, 0.1) is 0 Å². The van der Waals surface area contributed by atoms with Crippen LogP contribution in [0.4, 0.5) is 17.1 Å². The van der Waals surface area contributed by atoms with E-state index in [1.165, 1.54) is 73.4 Å². The minimum atomic E-state index is 1.13. The molecular weight excluding hydrogens is 631 g/mol. The number of anilines is 3. The molecule has 0 aliphatic rings. The maximum atomic E-state index is 2.38. The van der Waals surface area contributed by atoms with Crippen molar-refractivity contribution in [2.45, 2.75) is 0 Å². The van der Waals surface area contributed by atoms with Crippen LogP contribution >= 0.6 is 22.7 Å². The lowest BCUT2D eigenvalue weighted by molar-refractivity contribution is 1.29. The SMILES string of the molecule is c1ccc(-c2ccc(N(c3ccc(-c4cccc5c4sc4ccccc45)cc3)c3ccc4c(ccc5sc6ccccc6c54)c3)cc2)cc1. The summed E-state index contributed by atoms with van der Waals surface area (Å²) in [6, 6.07) is 64.3. The van der Waals surface area contributed by atoms with Crippen molar-refractivity contribution in [3.8, 4) is 22.3 Å². The van der Waals surface area contributed by atoms with Crippen molar-refractivity contribution < 1.29 is 0 Å². The summed E-state index contributed by atoms with van der Waals surface area (Å²) in [5.41, 5.74) is 8.33. The van der Waals surface area contributed by atoms with Crippen LogP contribution in [0.15, 0.2) is 176 Å². The van der Waals surface area contributed by atoms with Crippen molar-refractivity contribution in [1.29, 1.82) is 0 Å². The van der Waals surface area contributed by atoms with Crippen molar-refractivity contribution >= 4 is 90.9 Å². The summed E-state index contributed by atoms with van der Waals surface area (Å²) in [5, 5.41) is 7.88. The molecule has 0 aliphatic heterocycles. The van der Waals surface area contributed by atoms with Gasteiger partial charge in [-0.15, -0.1) is 22.7 Å². The molecule has 3 heteroatoms. The zero-order valence-corrected chi connectivity index (χ0v) is 28.1. The van der Waals surface area contributed by atoms with E-state index < -0.39 is 0 Å². The Balaban J connectivity index is 1.11. The van der Waals surface area contributed by atoms with E-state index in [4.69, 9.17) is 0 Å². The van der Waals surface area contributed by atoms with Crippen LogP contribution in [0.1, 0.15) is 0 Å². The van der Waals surface area contributed by atoms with Gasteiger partial charge in [-0.3, -0.25) is 0 Å². The lowest BCUT2D eigenvalue weighted by atomic mass is 10.0. The molecule has 0 N–H and O–H groups in total. The van der Waals surface area contributed by atoms with E-state index >= 15 is 0 Å². The zero-order chi connectivity index (χ0) is 32.3. The first-order chi connectivity index (χ1) is 24.3. The molecule has 10 aromatic rings. The third-order valence-corrected chi connectivity index (χ3v) is 12.0. The number of hydrogen-bond donors (Lipinski definition) is 0. The molecule has 0 radical (unpaired) electrons. The standard InChI is InChI=1S/C46H29NS2/c1-2-9-30(10-3-1)31-17-22-34(23-18-31)47(36-26-27-37-33(29-36)21-28-44-45(37)41-12-5-7-16-43(41)48-44)35-24-19-32(20-25-35)38-13-8-14-40-39-11-4-6-15-42(39)49-46(38)40/h1-29H. The fraction of sp³-hybridized carbons (Fsp3) is 0. The summed E-state index contributed by atoms with van der Waals surface area (Å²) in [7, 11) is 0. The Morgan fingerprint density at radius 1 is 0.347 bits per heavy atom. The fourth-order valence-corrected chi connectivity index (χ4v) is 9.69. The largest absolute Gasteiger partial charge is 0.310 e. The van der Waals surface area contributed by atoms with Gasteiger partial charge in [-0.05, 0) is 87.6 Å². The number of fused-ring (bicyclic) bond motifs is 8. The molecule has 0 atom stereocenters. The molecule has 0 spiro atoms. The highest BCUT2D eigenvalue weighted by atomic mass is 32.1. The van der Waals surface area contributed by atoms with Crippen molar-refractivity contribution in [3.05, 3.63) is 176 Å². The number of benzene rings is 8. The number of thiophene rings is 2. The van der Waals surface area contributed by atoms with Crippen molar-refractivity contribution in [1.82, 2.24) is 0 Å². The molecule has 0 unspecified atom stereocenters. The van der Waals surface area contributed by atoms with Crippen LogP contribution in [0.2, 0.25) is 0 Å².